The highest BCUT2D eigenvalue weighted by molar-refractivity contribution is 5.26. The predicted molar refractivity (Wildman–Crippen MR) is 47.4 cm³/mol. The van der Waals surface area contributed by atoms with Gasteiger partial charge < -0.3 is 10.7 Å². The zero-order chi connectivity index (χ0) is 8.48. The van der Waals surface area contributed by atoms with Crippen molar-refractivity contribution >= 4 is 0 Å². The van der Waals surface area contributed by atoms with Gasteiger partial charge in [0, 0.05) is 23.9 Å². The summed E-state index contributed by atoms with van der Waals surface area (Å²) >= 11 is 0. The fourth-order valence-electron chi connectivity index (χ4n) is 1.27. The number of hydrogen-bond donors (Lipinski definition) is 2. The maximum atomic E-state index is 5.57. The summed E-state index contributed by atoms with van der Waals surface area (Å²) in [5.41, 5.74) is 8.22. The quantitative estimate of drug-likeness (QED) is 0.632. The molecule has 0 fully saturated rings. The molecule has 0 aromatic carbocycles. The minimum absolute atomic E-state index is 0.179. The molecular formula is C9H16N2. The van der Waals surface area contributed by atoms with Gasteiger partial charge in [-0.1, -0.05) is 20.8 Å². The average Bonchev–Trinajstić information content (AvgIpc) is 2.31. The summed E-state index contributed by atoms with van der Waals surface area (Å²) in [4.78, 5) is 3.22. The van der Waals surface area contributed by atoms with Crippen molar-refractivity contribution < 1.29 is 0 Å². The second-order valence-corrected chi connectivity index (χ2v) is 3.83. The van der Waals surface area contributed by atoms with E-state index in [9.17, 15) is 0 Å². The molecule has 0 amide bonds. The van der Waals surface area contributed by atoms with E-state index in [2.05, 4.69) is 25.8 Å². The monoisotopic (exact) mass is 152 g/mol. The maximum Gasteiger partial charge on any atom is 0.0247 e. The summed E-state index contributed by atoms with van der Waals surface area (Å²) in [6, 6.07) is 2.04. The van der Waals surface area contributed by atoms with Gasteiger partial charge in [0.05, 0.1) is 0 Å². The van der Waals surface area contributed by atoms with Gasteiger partial charge in [-0.05, 0) is 11.6 Å². The maximum absolute atomic E-state index is 5.57. The third-order valence-corrected chi connectivity index (χ3v) is 1.80. The van der Waals surface area contributed by atoms with Crippen LogP contribution in [0.15, 0.2) is 12.3 Å². The van der Waals surface area contributed by atoms with Crippen LogP contribution >= 0.6 is 0 Å². The smallest absolute Gasteiger partial charge is 0.0247 e. The lowest BCUT2D eigenvalue weighted by molar-refractivity contribution is 0.565. The van der Waals surface area contributed by atoms with Crippen molar-refractivity contribution in [3.05, 3.63) is 23.5 Å². The average molecular weight is 152 g/mol. The summed E-state index contributed by atoms with van der Waals surface area (Å²) in [5, 5.41) is 0. The van der Waals surface area contributed by atoms with Crippen LogP contribution in [0.4, 0.5) is 0 Å². The van der Waals surface area contributed by atoms with E-state index < -0.39 is 0 Å². The van der Waals surface area contributed by atoms with Crippen molar-refractivity contribution in [2.24, 2.45) is 5.73 Å². The standard InChI is InChI=1S/C9H16N2/c1-9(2,3)8-7(6-10)4-5-11-8/h4-5,11H,6,10H2,1-3H3. The first-order valence-corrected chi connectivity index (χ1v) is 3.92. The van der Waals surface area contributed by atoms with Gasteiger partial charge in [0.1, 0.15) is 0 Å². The zero-order valence-corrected chi connectivity index (χ0v) is 7.44. The molecule has 62 valence electrons. The van der Waals surface area contributed by atoms with Gasteiger partial charge in [-0.2, -0.15) is 0 Å². The molecule has 1 aromatic rings. The highest BCUT2D eigenvalue weighted by Gasteiger charge is 2.17. The fraction of sp³-hybridized carbons (Fsp3) is 0.556. The number of nitrogens with two attached hydrogens (primary N) is 1. The Kier molecular flexibility index (Phi) is 2.05. The summed E-state index contributed by atoms with van der Waals surface area (Å²) in [7, 11) is 0. The van der Waals surface area contributed by atoms with Crippen molar-refractivity contribution in [2.75, 3.05) is 0 Å². The van der Waals surface area contributed by atoms with Gasteiger partial charge in [0.15, 0.2) is 0 Å². The lowest BCUT2D eigenvalue weighted by atomic mass is 9.90. The van der Waals surface area contributed by atoms with Crippen molar-refractivity contribution in [1.29, 1.82) is 0 Å². The van der Waals surface area contributed by atoms with Gasteiger partial charge in [0.25, 0.3) is 0 Å². The van der Waals surface area contributed by atoms with Crippen molar-refractivity contribution in [2.45, 2.75) is 32.7 Å². The van der Waals surface area contributed by atoms with E-state index in [0.29, 0.717) is 6.54 Å². The minimum atomic E-state index is 0.179. The van der Waals surface area contributed by atoms with Crippen LogP contribution in [0.1, 0.15) is 32.0 Å². The van der Waals surface area contributed by atoms with E-state index in [1.165, 1.54) is 11.3 Å². The van der Waals surface area contributed by atoms with Crippen LogP contribution in [0.2, 0.25) is 0 Å². The Labute approximate surface area is 67.8 Å². The zero-order valence-electron chi connectivity index (χ0n) is 7.44. The molecule has 11 heavy (non-hydrogen) atoms. The van der Waals surface area contributed by atoms with Gasteiger partial charge >= 0.3 is 0 Å². The highest BCUT2D eigenvalue weighted by Crippen LogP contribution is 2.23. The molecular weight excluding hydrogens is 136 g/mol. The van der Waals surface area contributed by atoms with E-state index >= 15 is 0 Å². The lowest BCUT2D eigenvalue weighted by Gasteiger charge is -2.18. The molecule has 0 saturated carbocycles. The van der Waals surface area contributed by atoms with Crippen LogP contribution in [-0.4, -0.2) is 4.98 Å². The normalized spacial score (nSPS) is 12.0. The molecule has 3 N–H and O–H groups in total. The molecule has 2 nitrogen and oxygen atoms in total. The molecule has 0 aliphatic carbocycles. The van der Waals surface area contributed by atoms with E-state index in [0.717, 1.165) is 0 Å². The largest absolute Gasteiger partial charge is 0.364 e. The van der Waals surface area contributed by atoms with Crippen molar-refractivity contribution in [3.8, 4) is 0 Å². The number of aromatic amines is 1. The van der Waals surface area contributed by atoms with E-state index in [1.807, 2.05) is 12.3 Å². The topological polar surface area (TPSA) is 41.8 Å². The molecule has 1 aromatic heterocycles. The molecule has 1 heterocycles. The molecule has 2 heteroatoms. The molecule has 0 unspecified atom stereocenters. The highest BCUT2D eigenvalue weighted by atomic mass is 14.7. The molecule has 0 saturated heterocycles. The number of hydrogen-bond acceptors (Lipinski definition) is 1. The van der Waals surface area contributed by atoms with E-state index in [4.69, 9.17) is 5.73 Å². The van der Waals surface area contributed by atoms with E-state index in [-0.39, 0.29) is 5.41 Å². The third-order valence-electron chi connectivity index (χ3n) is 1.80. The summed E-state index contributed by atoms with van der Waals surface area (Å²) < 4.78 is 0. The summed E-state index contributed by atoms with van der Waals surface area (Å²) in [5.74, 6) is 0. The summed E-state index contributed by atoms with van der Waals surface area (Å²) in [6.45, 7) is 7.16. The van der Waals surface area contributed by atoms with Crippen LogP contribution in [0.25, 0.3) is 0 Å². The van der Waals surface area contributed by atoms with Crippen LogP contribution < -0.4 is 5.73 Å². The first kappa shape index (κ1) is 8.34. The fourth-order valence-corrected chi connectivity index (χ4v) is 1.27. The minimum Gasteiger partial charge on any atom is -0.364 e. The van der Waals surface area contributed by atoms with Crippen LogP contribution in [0.3, 0.4) is 0 Å². The van der Waals surface area contributed by atoms with Gasteiger partial charge in [-0.25, -0.2) is 0 Å². The van der Waals surface area contributed by atoms with Gasteiger partial charge in [-0.15, -0.1) is 0 Å². The SMILES string of the molecule is CC(C)(C)c1[nH]ccc1CN. The Balaban J connectivity index is 3.02. The van der Waals surface area contributed by atoms with Crippen molar-refractivity contribution in [3.63, 3.8) is 0 Å². The molecule has 0 aliphatic rings. The lowest BCUT2D eigenvalue weighted by Crippen LogP contribution is -2.15. The van der Waals surface area contributed by atoms with Gasteiger partial charge in [0.2, 0.25) is 0 Å². The van der Waals surface area contributed by atoms with Gasteiger partial charge in [-0.3, -0.25) is 0 Å². The molecule has 0 aliphatic heterocycles. The Hall–Kier alpha value is -0.760. The molecule has 0 atom stereocenters. The van der Waals surface area contributed by atoms with Crippen LogP contribution in [0, 0.1) is 0 Å². The van der Waals surface area contributed by atoms with E-state index in [1.54, 1.807) is 0 Å². The van der Waals surface area contributed by atoms with Crippen molar-refractivity contribution in [1.82, 2.24) is 4.98 Å². The predicted octanol–water partition coefficient (Wildman–Crippen LogP) is 1.77. The Bertz CT molecular complexity index is 230. The first-order valence-electron chi connectivity index (χ1n) is 3.92. The number of nitrogens with one attached hydrogen (secondary N) is 1. The Morgan fingerprint density at radius 1 is 1.45 bits per heavy atom. The Morgan fingerprint density at radius 2 is 2.09 bits per heavy atom. The number of aromatic nitrogens is 1. The Morgan fingerprint density at radius 3 is 2.45 bits per heavy atom. The second kappa shape index (κ2) is 2.70. The molecule has 0 radical (unpaired) electrons. The number of H-pyrrole nitrogens is 1. The van der Waals surface area contributed by atoms with Crippen LogP contribution in [-0.2, 0) is 12.0 Å². The molecule has 0 bridgehead atoms. The molecule has 1 rings (SSSR count). The third kappa shape index (κ3) is 1.63. The summed E-state index contributed by atoms with van der Waals surface area (Å²) in [6.07, 6.45) is 1.95. The molecule has 0 spiro atoms. The first-order chi connectivity index (χ1) is 5.05. The number of rotatable bonds is 1. The second-order valence-electron chi connectivity index (χ2n) is 3.83. The van der Waals surface area contributed by atoms with Crippen LogP contribution in [0.5, 0.6) is 0 Å².